The summed E-state index contributed by atoms with van der Waals surface area (Å²) in [6, 6.07) is 0. The molecule has 0 saturated heterocycles. The lowest BCUT2D eigenvalue weighted by atomic mass is 9.92. The third-order valence-corrected chi connectivity index (χ3v) is 2.57. The average Bonchev–Trinajstić information content (AvgIpc) is 2.35. The molecule has 0 atom stereocenters. The average molecular weight is 244 g/mol. The van der Waals surface area contributed by atoms with Crippen LogP contribution in [-0.4, -0.2) is 31.5 Å². The second-order valence-electron chi connectivity index (χ2n) is 3.60. The molecule has 2 aromatic heterocycles. The first-order valence-electron chi connectivity index (χ1n) is 4.85. The largest absolute Gasteiger partial charge is 0.326 e. The molecule has 0 radical (unpaired) electrons. The van der Waals surface area contributed by atoms with Crippen LogP contribution in [0.25, 0.3) is 0 Å². The topological polar surface area (TPSA) is 126 Å². The molecule has 1 aliphatic rings. The van der Waals surface area contributed by atoms with Crippen molar-refractivity contribution in [1.29, 1.82) is 0 Å². The van der Waals surface area contributed by atoms with Crippen LogP contribution >= 0.6 is 0 Å². The van der Waals surface area contributed by atoms with Crippen LogP contribution in [0.4, 0.5) is 0 Å². The van der Waals surface area contributed by atoms with E-state index in [-0.39, 0.29) is 17.0 Å². The van der Waals surface area contributed by atoms with Crippen LogP contribution < -0.4 is 11.2 Å². The molecule has 2 aromatic rings. The van der Waals surface area contributed by atoms with Gasteiger partial charge in [-0.3, -0.25) is 19.4 Å². The number of ketones is 2. The van der Waals surface area contributed by atoms with Crippen molar-refractivity contribution >= 4 is 11.6 Å². The van der Waals surface area contributed by atoms with E-state index >= 15 is 0 Å². The van der Waals surface area contributed by atoms with E-state index in [1.165, 1.54) is 6.20 Å². The second-order valence-corrected chi connectivity index (χ2v) is 3.60. The summed E-state index contributed by atoms with van der Waals surface area (Å²) in [7, 11) is 0. The smallest absolute Gasteiger partial charge is 0.303 e. The number of fused-ring (bicyclic) bond motifs is 2. The number of carbonyl (C=O) groups is 2. The number of aromatic amines is 2. The van der Waals surface area contributed by atoms with Crippen LogP contribution in [0.15, 0.2) is 22.1 Å². The highest BCUT2D eigenvalue weighted by atomic mass is 16.2. The molecule has 8 heteroatoms. The SMILES string of the molecule is O=C1c2cncnc2C(=O)c2c1[nH]c(=O)[nH]c2=O. The Morgan fingerprint density at radius 3 is 2.56 bits per heavy atom. The molecule has 0 aliphatic heterocycles. The summed E-state index contributed by atoms with van der Waals surface area (Å²) in [4.78, 5) is 58.1. The fourth-order valence-electron chi connectivity index (χ4n) is 1.80. The van der Waals surface area contributed by atoms with E-state index in [2.05, 4.69) is 15.0 Å². The van der Waals surface area contributed by atoms with Gasteiger partial charge in [0.2, 0.25) is 11.6 Å². The van der Waals surface area contributed by atoms with Gasteiger partial charge >= 0.3 is 5.69 Å². The van der Waals surface area contributed by atoms with Gasteiger partial charge < -0.3 is 4.98 Å². The van der Waals surface area contributed by atoms with E-state index in [4.69, 9.17) is 0 Å². The number of H-pyrrole nitrogens is 2. The normalized spacial score (nSPS) is 13.1. The molecule has 0 saturated carbocycles. The van der Waals surface area contributed by atoms with Gasteiger partial charge in [-0.25, -0.2) is 14.8 Å². The highest BCUT2D eigenvalue weighted by Gasteiger charge is 2.34. The van der Waals surface area contributed by atoms with Gasteiger partial charge in [0.25, 0.3) is 5.56 Å². The van der Waals surface area contributed by atoms with Crippen LogP contribution in [0.3, 0.4) is 0 Å². The van der Waals surface area contributed by atoms with Crippen LogP contribution in [0, 0.1) is 0 Å². The zero-order chi connectivity index (χ0) is 12.9. The molecule has 0 spiro atoms. The lowest BCUT2D eigenvalue weighted by molar-refractivity contribution is 0.0969. The Morgan fingerprint density at radius 1 is 1.00 bits per heavy atom. The molecule has 0 aromatic carbocycles. The van der Waals surface area contributed by atoms with Gasteiger partial charge in [-0.2, -0.15) is 0 Å². The molecular formula is C10H4N4O4. The van der Waals surface area contributed by atoms with E-state index in [0.29, 0.717) is 0 Å². The molecule has 2 N–H and O–H groups in total. The van der Waals surface area contributed by atoms with Crippen molar-refractivity contribution in [3.63, 3.8) is 0 Å². The van der Waals surface area contributed by atoms with Gasteiger partial charge in [0, 0.05) is 6.20 Å². The minimum Gasteiger partial charge on any atom is -0.303 e. The summed E-state index contributed by atoms with van der Waals surface area (Å²) >= 11 is 0. The lowest BCUT2D eigenvalue weighted by Gasteiger charge is -2.13. The van der Waals surface area contributed by atoms with Gasteiger partial charge in [-0.15, -0.1) is 0 Å². The van der Waals surface area contributed by atoms with Gasteiger partial charge in [0.05, 0.1) is 5.56 Å². The molecule has 0 bridgehead atoms. The summed E-state index contributed by atoms with van der Waals surface area (Å²) in [6.07, 6.45) is 2.28. The quantitative estimate of drug-likeness (QED) is 0.502. The number of hydrogen-bond donors (Lipinski definition) is 2. The first-order chi connectivity index (χ1) is 8.59. The van der Waals surface area contributed by atoms with Crippen LogP contribution in [0.1, 0.15) is 32.1 Å². The Bertz CT molecular complexity index is 817. The highest BCUT2D eigenvalue weighted by molar-refractivity contribution is 6.26. The summed E-state index contributed by atoms with van der Waals surface area (Å²) in [6.45, 7) is 0. The minimum atomic E-state index is -0.906. The zero-order valence-electron chi connectivity index (χ0n) is 8.68. The number of carbonyl (C=O) groups excluding carboxylic acids is 2. The Balaban J connectivity index is 2.45. The number of nitrogens with zero attached hydrogens (tertiary/aromatic N) is 2. The van der Waals surface area contributed by atoms with Crippen molar-refractivity contribution in [2.45, 2.75) is 0 Å². The first-order valence-corrected chi connectivity index (χ1v) is 4.85. The Morgan fingerprint density at radius 2 is 1.78 bits per heavy atom. The molecule has 8 nitrogen and oxygen atoms in total. The van der Waals surface area contributed by atoms with Crippen molar-refractivity contribution in [3.05, 3.63) is 55.9 Å². The lowest BCUT2D eigenvalue weighted by Crippen LogP contribution is -2.36. The molecule has 0 unspecified atom stereocenters. The second kappa shape index (κ2) is 3.29. The van der Waals surface area contributed by atoms with Crippen molar-refractivity contribution in [2.24, 2.45) is 0 Å². The first kappa shape index (κ1) is 10.3. The standard InChI is InChI=1S/C10H4N4O4/c15-7-3-1-11-2-12-5(3)8(16)4-6(7)13-10(18)14-9(4)17/h1-2H,(H2,13,14,17,18). The molecular weight excluding hydrogens is 240 g/mol. The molecule has 3 rings (SSSR count). The number of nitrogens with one attached hydrogen (secondary N) is 2. The Kier molecular flexibility index (Phi) is 1.88. The molecule has 0 fully saturated rings. The Labute approximate surface area is 97.7 Å². The van der Waals surface area contributed by atoms with Crippen molar-refractivity contribution in [3.8, 4) is 0 Å². The Hall–Kier alpha value is -2.90. The third kappa shape index (κ3) is 1.19. The summed E-state index contributed by atoms with van der Waals surface area (Å²) in [5.41, 5.74) is -2.64. The van der Waals surface area contributed by atoms with E-state index in [1.54, 1.807) is 0 Å². The van der Waals surface area contributed by atoms with Crippen molar-refractivity contribution < 1.29 is 9.59 Å². The van der Waals surface area contributed by atoms with Crippen LogP contribution in [0.5, 0.6) is 0 Å². The summed E-state index contributed by atoms with van der Waals surface area (Å²) in [5, 5.41) is 0. The van der Waals surface area contributed by atoms with E-state index < -0.39 is 28.4 Å². The van der Waals surface area contributed by atoms with E-state index in [0.717, 1.165) is 6.33 Å². The molecule has 18 heavy (non-hydrogen) atoms. The van der Waals surface area contributed by atoms with Gasteiger partial charge in [0.15, 0.2) is 0 Å². The predicted octanol–water partition coefficient (Wildman–Crippen LogP) is -1.37. The molecule has 2 heterocycles. The zero-order valence-corrected chi connectivity index (χ0v) is 8.68. The van der Waals surface area contributed by atoms with E-state index in [1.807, 2.05) is 4.98 Å². The molecule has 1 aliphatic carbocycles. The maximum atomic E-state index is 12.0. The maximum Gasteiger partial charge on any atom is 0.326 e. The molecule has 0 amide bonds. The third-order valence-electron chi connectivity index (χ3n) is 2.57. The van der Waals surface area contributed by atoms with Gasteiger partial charge in [0.1, 0.15) is 23.3 Å². The summed E-state index contributed by atoms with van der Waals surface area (Å²) < 4.78 is 0. The van der Waals surface area contributed by atoms with Crippen LogP contribution in [-0.2, 0) is 0 Å². The maximum absolute atomic E-state index is 12.0. The van der Waals surface area contributed by atoms with Crippen molar-refractivity contribution in [1.82, 2.24) is 19.9 Å². The highest BCUT2D eigenvalue weighted by Crippen LogP contribution is 2.20. The monoisotopic (exact) mass is 244 g/mol. The van der Waals surface area contributed by atoms with Gasteiger partial charge in [-0.1, -0.05) is 0 Å². The minimum absolute atomic E-state index is 0.0312. The molecule has 88 valence electrons. The van der Waals surface area contributed by atoms with Crippen LogP contribution in [0.2, 0.25) is 0 Å². The summed E-state index contributed by atoms with van der Waals surface area (Å²) in [5.74, 6) is -1.36. The number of rotatable bonds is 0. The predicted molar refractivity (Wildman–Crippen MR) is 56.6 cm³/mol. The van der Waals surface area contributed by atoms with Crippen molar-refractivity contribution in [2.75, 3.05) is 0 Å². The number of aromatic nitrogens is 4. The fraction of sp³-hybridized carbons (Fsp3) is 0. The number of hydrogen-bond acceptors (Lipinski definition) is 6. The fourth-order valence-corrected chi connectivity index (χ4v) is 1.80. The van der Waals surface area contributed by atoms with E-state index in [9.17, 15) is 19.2 Å². The van der Waals surface area contributed by atoms with Gasteiger partial charge in [-0.05, 0) is 0 Å².